The highest BCUT2D eigenvalue weighted by atomic mass is 16.7. The third-order valence-corrected chi connectivity index (χ3v) is 5.02. The van der Waals surface area contributed by atoms with Gasteiger partial charge in [-0.1, -0.05) is 5.16 Å². The summed E-state index contributed by atoms with van der Waals surface area (Å²) in [6.07, 6.45) is 1.59. The van der Waals surface area contributed by atoms with Crippen molar-refractivity contribution in [3.8, 4) is 0 Å². The zero-order valence-electron chi connectivity index (χ0n) is 13.7. The molecule has 1 aromatic rings. The molecule has 0 radical (unpaired) electrons. The topological polar surface area (TPSA) is 85.1 Å². The van der Waals surface area contributed by atoms with E-state index in [1.807, 2.05) is 4.90 Å². The molecule has 2 amide bonds. The lowest BCUT2D eigenvalue weighted by Crippen LogP contribution is -2.49. The Morgan fingerprint density at radius 3 is 2.62 bits per heavy atom. The summed E-state index contributed by atoms with van der Waals surface area (Å²) in [6, 6.07) is 1.71. The number of aryl methyl sites for hydroxylation is 1. The van der Waals surface area contributed by atoms with Crippen LogP contribution in [0.4, 0.5) is 5.82 Å². The van der Waals surface area contributed by atoms with Crippen molar-refractivity contribution in [1.29, 1.82) is 0 Å². The van der Waals surface area contributed by atoms with Crippen LogP contribution in [0.25, 0.3) is 0 Å². The van der Waals surface area contributed by atoms with Crippen LogP contribution in [-0.4, -0.2) is 60.5 Å². The van der Waals surface area contributed by atoms with Gasteiger partial charge in [0.2, 0.25) is 11.8 Å². The molecule has 3 saturated heterocycles. The molecule has 4 rings (SSSR count). The summed E-state index contributed by atoms with van der Waals surface area (Å²) in [5.41, 5.74) is 0. The van der Waals surface area contributed by atoms with E-state index >= 15 is 0 Å². The fraction of sp³-hybridized carbons (Fsp3) is 0.688. The van der Waals surface area contributed by atoms with Crippen LogP contribution in [0.2, 0.25) is 0 Å². The molecule has 1 aromatic heterocycles. The lowest BCUT2D eigenvalue weighted by atomic mass is 10.0. The number of nitrogens with zero attached hydrogens (tertiary/aromatic N) is 3. The second-order valence-electron chi connectivity index (χ2n) is 6.63. The highest BCUT2D eigenvalue weighted by Gasteiger charge is 2.44. The van der Waals surface area contributed by atoms with Crippen molar-refractivity contribution in [3.63, 3.8) is 0 Å². The molecule has 0 aliphatic carbocycles. The van der Waals surface area contributed by atoms with Crippen molar-refractivity contribution in [3.05, 3.63) is 11.8 Å². The lowest BCUT2D eigenvalue weighted by Gasteiger charge is -2.38. The first kappa shape index (κ1) is 15.6. The number of hydrogen-bond donors (Lipinski definition) is 0. The molecule has 8 nitrogen and oxygen atoms in total. The van der Waals surface area contributed by atoms with E-state index in [1.54, 1.807) is 13.0 Å². The lowest BCUT2D eigenvalue weighted by molar-refractivity contribution is -0.188. The van der Waals surface area contributed by atoms with E-state index < -0.39 is 5.79 Å². The second-order valence-corrected chi connectivity index (χ2v) is 6.63. The SMILES string of the molecule is Cc1cc(N2CC(C(=O)N3CCC4(CC3)OCCO4)CC2=O)no1. The Hall–Kier alpha value is -1.93. The summed E-state index contributed by atoms with van der Waals surface area (Å²) in [5.74, 6) is 0.251. The molecule has 1 atom stereocenters. The zero-order chi connectivity index (χ0) is 16.7. The average Bonchev–Trinajstić information content (AvgIpc) is 3.29. The normalized spacial score (nSPS) is 26.5. The van der Waals surface area contributed by atoms with Gasteiger partial charge in [-0.15, -0.1) is 0 Å². The highest BCUT2D eigenvalue weighted by Crippen LogP contribution is 2.33. The number of ether oxygens (including phenoxy) is 2. The molecule has 0 saturated carbocycles. The fourth-order valence-corrected chi connectivity index (χ4v) is 3.69. The van der Waals surface area contributed by atoms with Crippen molar-refractivity contribution in [1.82, 2.24) is 10.1 Å². The Morgan fingerprint density at radius 2 is 2.00 bits per heavy atom. The minimum absolute atomic E-state index is 0.0268. The first-order valence-electron chi connectivity index (χ1n) is 8.37. The maximum atomic E-state index is 12.8. The number of carbonyl (C=O) groups excluding carboxylic acids is 2. The molecule has 3 aliphatic rings. The molecule has 0 bridgehead atoms. The number of likely N-dealkylation sites (tertiary alicyclic amines) is 1. The van der Waals surface area contributed by atoms with E-state index in [2.05, 4.69) is 5.16 Å². The molecule has 1 unspecified atom stereocenters. The summed E-state index contributed by atoms with van der Waals surface area (Å²) in [4.78, 5) is 28.3. The number of amides is 2. The number of aromatic nitrogens is 1. The van der Waals surface area contributed by atoms with Crippen LogP contribution >= 0.6 is 0 Å². The molecule has 1 spiro atoms. The minimum Gasteiger partial charge on any atom is -0.360 e. The van der Waals surface area contributed by atoms with Crippen LogP contribution in [0.15, 0.2) is 10.6 Å². The number of carbonyl (C=O) groups is 2. The fourth-order valence-electron chi connectivity index (χ4n) is 3.69. The Balaban J connectivity index is 1.38. The molecule has 3 aliphatic heterocycles. The first-order chi connectivity index (χ1) is 11.6. The molecule has 0 aromatic carbocycles. The Kier molecular flexibility index (Phi) is 3.80. The van der Waals surface area contributed by atoms with Gasteiger partial charge in [-0.25, -0.2) is 0 Å². The van der Waals surface area contributed by atoms with Crippen LogP contribution in [0.5, 0.6) is 0 Å². The minimum atomic E-state index is -0.494. The van der Waals surface area contributed by atoms with Crippen molar-refractivity contribution in [2.24, 2.45) is 5.92 Å². The predicted molar refractivity (Wildman–Crippen MR) is 82.1 cm³/mol. The maximum Gasteiger partial charge on any atom is 0.229 e. The van der Waals surface area contributed by atoms with Crippen LogP contribution in [-0.2, 0) is 19.1 Å². The van der Waals surface area contributed by atoms with Crippen LogP contribution in [0.1, 0.15) is 25.0 Å². The van der Waals surface area contributed by atoms with Gasteiger partial charge in [-0.3, -0.25) is 14.5 Å². The Labute approximate surface area is 139 Å². The van der Waals surface area contributed by atoms with E-state index in [-0.39, 0.29) is 24.2 Å². The third kappa shape index (κ3) is 2.69. The van der Waals surface area contributed by atoms with E-state index in [4.69, 9.17) is 14.0 Å². The van der Waals surface area contributed by atoms with Crippen LogP contribution in [0.3, 0.4) is 0 Å². The molecule has 8 heteroatoms. The van der Waals surface area contributed by atoms with Gasteiger partial charge in [-0.2, -0.15) is 0 Å². The van der Waals surface area contributed by atoms with Crippen molar-refractivity contribution < 1.29 is 23.6 Å². The van der Waals surface area contributed by atoms with E-state index in [1.165, 1.54) is 4.90 Å². The quantitative estimate of drug-likeness (QED) is 0.791. The van der Waals surface area contributed by atoms with Gasteiger partial charge in [0.25, 0.3) is 0 Å². The Bertz CT molecular complexity index is 642. The van der Waals surface area contributed by atoms with Crippen molar-refractivity contribution >= 4 is 17.6 Å². The van der Waals surface area contributed by atoms with Crippen LogP contribution in [0, 0.1) is 12.8 Å². The Morgan fingerprint density at radius 1 is 1.29 bits per heavy atom. The van der Waals surface area contributed by atoms with E-state index in [0.717, 1.165) is 0 Å². The molecule has 3 fully saturated rings. The summed E-state index contributed by atoms with van der Waals surface area (Å²) >= 11 is 0. The molecule has 0 N–H and O–H groups in total. The second kappa shape index (κ2) is 5.86. The van der Waals surface area contributed by atoms with Crippen molar-refractivity contribution in [2.45, 2.75) is 32.0 Å². The largest absolute Gasteiger partial charge is 0.360 e. The maximum absolute atomic E-state index is 12.8. The van der Waals surface area contributed by atoms with Gasteiger partial charge >= 0.3 is 0 Å². The predicted octanol–water partition coefficient (Wildman–Crippen LogP) is 0.701. The summed E-state index contributed by atoms with van der Waals surface area (Å²) < 4.78 is 16.4. The molecular formula is C16H21N3O5. The first-order valence-corrected chi connectivity index (χ1v) is 8.37. The average molecular weight is 335 g/mol. The summed E-state index contributed by atoms with van der Waals surface area (Å²) in [6.45, 7) is 4.59. The number of rotatable bonds is 2. The van der Waals surface area contributed by atoms with Gasteiger partial charge in [0.15, 0.2) is 11.6 Å². The number of anilines is 1. The molecule has 24 heavy (non-hydrogen) atoms. The highest BCUT2D eigenvalue weighted by molar-refractivity contribution is 5.99. The van der Waals surface area contributed by atoms with Crippen LogP contribution < -0.4 is 4.90 Å². The zero-order valence-corrected chi connectivity index (χ0v) is 13.7. The van der Waals surface area contributed by atoms with Gasteiger partial charge in [0.1, 0.15) is 5.76 Å². The van der Waals surface area contributed by atoms with E-state index in [0.29, 0.717) is 57.3 Å². The molecular weight excluding hydrogens is 314 g/mol. The van der Waals surface area contributed by atoms with Gasteiger partial charge < -0.3 is 18.9 Å². The smallest absolute Gasteiger partial charge is 0.229 e. The molecule has 130 valence electrons. The number of hydrogen-bond acceptors (Lipinski definition) is 6. The number of piperidine rings is 1. The summed E-state index contributed by atoms with van der Waals surface area (Å²) in [7, 11) is 0. The van der Waals surface area contributed by atoms with E-state index in [9.17, 15) is 9.59 Å². The monoisotopic (exact) mass is 335 g/mol. The van der Waals surface area contributed by atoms with Gasteiger partial charge in [0.05, 0.1) is 19.1 Å². The van der Waals surface area contributed by atoms with Gasteiger partial charge in [-0.05, 0) is 6.92 Å². The summed E-state index contributed by atoms with van der Waals surface area (Å²) in [5, 5.41) is 3.87. The third-order valence-electron chi connectivity index (χ3n) is 5.02. The molecule has 4 heterocycles. The van der Waals surface area contributed by atoms with Gasteiger partial charge in [0, 0.05) is 45.0 Å². The van der Waals surface area contributed by atoms with Crippen molar-refractivity contribution in [2.75, 3.05) is 37.7 Å². The standard InChI is InChI=1S/C16H21N3O5/c1-11-8-13(17-24-11)19-10-12(9-14(19)20)15(21)18-4-2-16(3-5-18)22-6-7-23-16/h8,12H,2-7,9-10H2,1H3.